The van der Waals surface area contributed by atoms with Crippen LogP contribution in [0.5, 0.6) is 0 Å². The average molecular weight is 278 g/mol. The van der Waals surface area contributed by atoms with E-state index in [1.54, 1.807) is 0 Å². The highest BCUT2D eigenvalue weighted by molar-refractivity contribution is 5.97. The maximum atomic E-state index is 11.8. The fourth-order valence-corrected chi connectivity index (χ4v) is 1.90. The summed E-state index contributed by atoms with van der Waals surface area (Å²) in [4.78, 5) is 22.6. The van der Waals surface area contributed by atoms with E-state index in [9.17, 15) is 9.59 Å². The molecule has 0 bridgehead atoms. The Labute approximate surface area is 119 Å². The predicted octanol–water partition coefficient (Wildman–Crippen LogP) is 3.27. The second-order valence-corrected chi connectivity index (χ2v) is 4.82. The lowest BCUT2D eigenvalue weighted by atomic mass is 10.1. The molecule has 0 saturated carbocycles. The van der Waals surface area contributed by atoms with Gasteiger partial charge >= 0.3 is 5.97 Å². The fraction of sp³-hybridized carbons (Fsp3) is 0.467. The Morgan fingerprint density at radius 2 is 1.90 bits per heavy atom. The van der Waals surface area contributed by atoms with Gasteiger partial charge in [0.05, 0.1) is 16.9 Å². The predicted molar refractivity (Wildman–Crippen MR) is 79.8 cm³/mol. The molecule has 110 valence electrons. The number of carbonyl (C=O) groups is 2. The SMILES string of the molecule is CCCCCCCC(=O)Nc1cc(C(=O)O)ccc1N. The molecule has 0 aromatic heterocycles. The lowest BCUT2D eigenvalue weighted by Crippen LogP contribution is -2.13. The molecule has 1 aromatic rings. The Morgan fingerprint density at radius 3 is 2.55 bits per heavy atom. The van der Waals surface area contributed by atoms with Crippen LogP contribution in [-0.2, 0) is 4.79 Å². The molecule has 0 spiro atoms. The number of aromatic carboxylic acids is 1. The van der Waals surface area contributed by atoms with E-state index in [2.05, 4.69) is 12.2 Å². The summed E-state index contributed by atoms with van der Waals surface area (Å²) in [6.07, 6.45) is 5.80. The zero-order chi connectivity index (χ0) is 15.0. The fourth-order valence-electron chi connectivity index (χ4n) is 1.90. The zero-order valence-corrected chi connectivity index (χ0v) is 11.8. The summed E-state index contributed by atoms with van der Waals surface area (Å²) in [5.41, 5.74) is 6.57. The van der Waals surface area contributed by atoms with Crippen LogP contribution < -0.4 is 11.1 Å². The summed E-state index contributed by atoms with van der Waals surface area (Å²) in [7, 11) is 0. The van der Waals surface area contributed by atoms with Crippen molar-refractivity contribution in [1.82, 2.24) is 0 Å². The van der Waals surface area contributed by atoms with Crippen LogP contribution in [0.3, 0.4) is 0 Å². The Bertz CT molecular complexity index is 472. The van der Waals surface area contributed by atoms with Crippen molar-refractivity contribution >= 4 is 23.3 Å². The van der Waals surface area contributed by atoms with Gasteiger partial charge in [-0.1, -0.05) is 32.6 Å². The number of hydrogen-bond donors (Lipinski definition) is 3. The number of carboxylic acid groups (broad SMARTS) is 1. The van der Waals surface area contributed by atoms with Crippen LogP contribution in [0.15, 0.2) is 18.2 Å². The molecule has 5 nitrogen and oxygen atoms in total. The first kappa shape index (κ1) is 16.0. The summed E-state index contributed by atoms with van der Waals surface area (Å²) in [5.74, 6) is -1.17. The van der Waals surface area contributed by atoms with Crippen molar-refractivity contribution in [1.29, 1.82) is 0 Å². The minimum absolute atomic E-state index is 0.109. The first-order valence-electron chi connectivity index (χ1n) is 6.97. The van der Waals surface area contributed by atoms with Crippen LogP contribution in [-0.4, -0.2) is 17.0 Å². The normalized spacial score (nSPS) is 10.2. The highest BCUT2D eigenvalue weighted by Crippen LogP contribution is 2.20. The van der Waals surface area contributed by atoms with Crippen LogP contribution in [0.4, 0.5) is 11.4 Å². The molecule has 1 rings (SSSR count). The highest BCUT2D eigenvalue weighted by atomic mass is 16.4. The third kappa shape index (κ3) is 5.30. The van der Waals surface area contributed by atoms with Crippen molar-refractivity contribution in [2.45, 2.75) is 45.4 Å². The number of benzene rings is 1. The van der Waals surface area contributed by atoms with Crippen LogP contribution in [0.25, 0.3) is 0 Å². The van der Waals surface area contributed by atoms with E-state index in [0.29, 0.717) is 17.8 Å². The lowest BCUT2D eigenvalue weighted by Gasteiger charge is -2.09. The molecule has 0 fully saturated rings. The molecule has 0 radical (unpaired) electrons. The van der Waals surface area contributed by atoms with Gasteiger partial charge in [0, 0.05) is 6.42 Å². The molecule has 0 aliphatic heterocycles. The van der Waals surface area contributed by atoms with Gasteiger partial charge in [-0.3, -0.25) is 4.79 Å². The van der Waals surface area contributed by atoms with E-state index in [1.807, 2.05) is 0 Å². The minimum Gasteiger partial charge on any atom is -0.478 e. The number of amides is 1. The molecule has 0 atom stereocenters. The van der Waals surface area contributed by atoms with Gasteiger partial charge in [-0.15, -0.1) is 0 Å². The number of nitrogens with one attached hydrogen (secondary N) is 1. The lowest BCUT2D eigenvalue weighted by molar-refractivity contribution is -0.116. The number of nitrogen functional groups attached to an aromatic ring is 1. The third-order valence-electron chi connectivity index (χ3n) is 3.08. The number of hydrogen-bond acceptors (Lipinski definition) is 3. The summed E-state index contributed by atoms with van der Waals surface area (Å²) in [6.45, 7) is 2.14. The molecule has 4 N–H and O–H groups in total. The second kappa shape index (κ2) is 8.19. The van der Waals surface area contributed by atoms with E-state index in [-0.39, 0.29) is 11.5 Å². The number of rotatable bonds is 8. The van der Waals surface area contributed by atoms with Crippen LogP contribution in [0.2, 0.25) is 0 Å². The van der Waals surface area contributed by atoms with Crippen molar-refractivity contribution < 1.29 is 14.7 Å². The zero-order valence-electron chi connectivity index (χ0n) is 11.8. The maximum Gasteiger partial charge on any atom is 0.335 e. The average Bonchev–Trinajstić information content (AvgIpc) is 2.40. The molecule has 0 aliphatic carbocycles. The largest absolute Gasteiger partial charge is 0.478 e. The number of carboxylic acids is 1. The summed E-state index contributed by atoms with van der Waals surface area (Å²) >= 11 is 0. The number of carbonyl (C=O) groups excluding carboxylic acids is 1. The van der Waals surface area contributed by atoms with Crippen LogP contribution in [0, 0.1) is 0 Å². The Morgan fingerprint density at radius 1 is 1.20 bits per heavy atom. The Hall–Kier alpha value is -2.04. The van der Waals surface area contributed by atoms with E-state index in [4.69, 9.17) is 10.8 Å². The van der Waals surface area contributed by atoms with Gasteiger partial charge in [0.2, 0.25) is 5.91 Å². The number of nitrogens with two attached hydrogens (primary N) is 1. The minimum atomic E-state index is -1.04. The second-order valence-electron chi connectivity index (χ2n) is 4.82. The quantitative estimate of drug-likeness (QED) is 0.502. The van der Waals surface area contributed by atoms with Gasteiger partial charge in [-0.05, 0) is 24.6 Å². The number of anilines is 2. The van der Waals surface area contributed by atoms with Gasteiger partial charge in [0.25, 0.3) is 0 Å². The maximum absolute atomic E-state index is 11.8. The van der Waals surface area contributed by atoms with E-state index < -0.39 is 5.97 Å². The molecule has 1 aromatic carbocycles. The molecular formula is C15H22N2O3. The first-order valence-corrected chi connectivity index (χ1v) is 6.97. The van der Waals surface area contributed by atoms with Gasteiger partial charge in [0.15, 0.2) is 0 Å². The van der Waals surface area contributed by atoms with Gasteiger partial charge in [-0.2, -0.15) is 0 Å². The van der Waals surface area contributed by atoms with Crippen LogP contribution >= 0.6 is 0 Å². The number of unbranched alkanes of at least 4 members (excludes halogenated alkanes) is 4. The monoisotopic (exact) mass is 278 g/mol. The molecule has 0 unspecified atom stereocenters. The van der Waals surface area contributed by atoms with Crippen LogP contribution in [0.1, 0.15) is 55.8 Å². The van der Waals surface area contributed by atoms with Crippen molar-refractivity contribution in [3.63, 3.8) is 0 Å². The molecule has 5 heteroatoms. The van der Waals surface area contributed by atoms with Crippen molar-refractivity contribution in [3.8, 4) is 0 Å². The molecule has 0 aliphatic rings. The standard InChI is InChI=1S/C15H22N2O3/c1-2-3-4-5-6-7-14(18)17-13-10-11(15(19)20)8-9-12(13)16/h8-10H,2-7,16H2,1H3,(H,17,18)(H,19,20). The molecular weight excluding hydrogens is 256 g/mol. The summed E-state index contributed by atoms with van der Waals surface area (Å²) < 4.78 is 0. The van der Waals surface area contributed by atoms with Crippen molar-refractivity contribution in [3.05, 3.63) is 23.8 Å². The molecule has 0 saturated heterocycles. The Balaban J connectivity index is 2.49. The smallest absolute Gasteiger partial charge is 0.335 e. The third-order valence-corrected chi connectivity index (χ3v) is 3.08. The Kier molecular flexibility index (Phi) is 6.56. The first-order chi connectivity index (χ1) is 9.54. The van der Waals surface area contributed by atoms with E-state index in [0.717, 1.165) is 19.3 Å². The van der Waals surface area contributed by atoms with Crippen molar-refractivity contribution in [2.24, 2.45) is 0 Å². The highest BCUT2D eigenvalue weighted by Gasteiger charge is 2.09. The molecule has 0 heterocycles. The van der Waals surface area contributed by atoms with Crippen molar-refractivity contribution in [2.75, 3.05) is 11.1 Å². The van der Waals surface area contributed by atoms with E-state index >= 15 is 0 Å². The topological polar surface area (TPSA) is 92.4 Å². The summed E-state index contributed by atoms with van der Waals surface area (Å²) in [6, 6.07) is 4.28. The molecule has 1 amide bonds. The van der Waals surface area contributed by atoms with Gasteiger partial charge < -0.3 is 16.2 Å². The van der Waals surface area contributed by atoms with Gasteiger partial charge in [-0.25, -0.2) is 4.79 Å². The van der Waals surface area contributed by atoms with E-state index in [1.165, 1.54) is 31.0 Å². The van der Waals surface area contributed by atoms with Gasteiger partial charge in [0.1, 0.15) is 0 Å². The summed E-state index contributed by atoms with van der Waals surface area (Å²) in [5, 5.41) is 11.6. The molecule has 20 heavy (non-hydrogen) atoms.